The molecule has 28 heavy (non-hydrogen) atoms. The number of carbonyl (C=O) groups is 2. The highest BCUT2D eigenvalue weighted by molar-refractivity contribution is 7.14. The molecule has 1 amide bonds. The van der Waals surface area contributed by atoms with E-state index >= 15 is 0 Å². The van der Waals surface area contributed by atoms with Gasteiger partial charge in [0, 0.05) is 17.4 Å². The number of aromatic carboxylic acids is 1. The van der Waals surface area contributed by atoms with E-state index in [0.717, 1.165) is 23.0 Å². The number of thiophene rings is 1. The lowest BCUT2D eigenvalue weighted by atomic mass is 10.1. The van der Waals surface area contributed by atoms with Crippen LogP contribution >= 0.6 is 34.5 Å². The topological polar surface area (TPSA) is 66.4 Å². The molecule has 4 nitrogen and oxygen atoms in total. The summed E-state index contributed by atoms with van der Waals surface area (Å²) in [5, 5.41) is 13.7. The Balaban J connectivity index is 1.84. The number of carbonyl (C=O) groups excluding carboxylic acids is 1. The van der Waals surface area contributed by atoms with E-state index in [2.05, 4.69) is 5.32 Å². The number of aryl methyl sites for hydroxylation is 1. The van der Waals surface area contributed by atoms with Crippen LogP contribution in [0.25, 0.3) is 10.4 Å². The molecule has 3 aromatic rings. The Labute approximate surface area is 174 Å². The van der Waals surface area contributed by atoms with E-state index in [1.165, 1.54) is 11.4 Å². The van der Waals surface area contributed by atoms with Crippen molar-refractivity contribution in [3.63, 3.8) is 0 Å². The molecule has 0 aliphatic heterocycles. The normalized spacial score (nSPS) is 10.7. The Kier molecular flexibility index (Phi) is 6.34. The number of carboxylic acids is 1. The van der Waals surface area contributed by atoms with Crippen LogP contribution in [0.2, 0.25) is 10.0 Å². The third-order valence-corrected chi connectivity index (χ3v) is 5.63. The Morgan fingerprint density at radius 1 is 1.11 bits per heavy atom. The average molecular weight is 438 g/mol. The first-order valence-electron chi connectivity index (χ1n) is 8.20. The maximum absolute atomic E-state index is 13.9. The van der Waals surface area contributed by atoms with Crippen molar-refractivity contribution in [2.45, 2.75) is 12.8 Å². The molecule has 2 aromatic carbocycles. The number of rotatable bonds is 6. The molecule has 0 aliphatic carbocycles. The molecular formula is C20H14Cl2FNO3S. The molecule has 8 heteroatoms. The van der Waals surface area contributed by atoms with E-state index in [1.807, 2.05) is 30.3 Å². The molecule has 0 radical (unpaired) electrons. The molecule has 3 rings (SSSR count). The van der Waals surface area contributed by atoms with E-state index < -0.39 is 11.8 Å². The zero-order chi connectivity index (χ0) is 20.3. The third-order valence-electron chi connectivity index (χ3n) is 4.02. The SMILES string of the molecule is O=C(CCc1ccccc1)Nc1csc(-c2cc(F)c(Cl)cc2Cl)c1C(=O)O. The maximum atomic E-state index is 13.9. The molecule has 0 spiro atoms. The summed E-state index contributed by atoms with van der Waals surface area (Å²) in [6.45, 7) is 0. The predicted molar refractivity (Wildman–Crippen MR) is 110 cm³/mol. The number of amides is 1. The molecular weight excluding hydrogens is 424 g/mol. The monoisotopic (exact) mass is 437 g/mol. The van der Waals surface area contributed by atoms with E-state index in [9.17, 15) is 19.1 Å². The van der Waals surface area contributed by atoms with Gasteiger partial charge >= 0.3 is 5.97 Å². The maximum Gasteiger partial charge on any atom is 0.339 e. The highest BCUT2D eigenvalue weighted by Crippen LogP contribution is 2.41. The lowest BCUT2D eigenvalue weighted by Crippen LogP contribution is -2.14. The largest absolute Gasteiger partial charge is 0.478 e. The van der Waals surface area contributed by atoms with Gasteiger partial charge in [0.1, 0.15) is 11.4 Å². The van der Waals surface area contributed by atoms with Crippen LogP contribution in [-0.4, -0.2) is 17.0 Å². The molecule has 0 saturated heterocycles. The van der Waals surface area contributed by atoms with Crippen LogP contribution in [0.1, 0.15) is 22.3 Å². The molecule has 0 saturated carbocycles. The lowest BCUT2D eigenvalue weighted by molar-refractivity contribution is -0.116. The summed E-state index contributed by atoms with van der Waals surface area (Å²) in [4.78, 5) is 24.3. The van der Waals surface area contributed by atoms with Crippen molar-refractivity contribution < 1.29 is 19.1 Å². The second kappa shape index (κ2) is 8.73. The summed E-state index contributed by atoms with van der Waals surface area (Å²) in [7, 11) is 0. The van der Waals surface area contributed by atoms with Gasteiger partial charge in [-0.15, -0.1) is 11.3 Å². The summed E-state index contributed by atoms with van der Waals surface area (Å²) < 4.78 is 13.9. The summed E-state index contributed by atoms with van der Waals surface area (Å²) in [5.74, 6) is -2.27. The minimum atomic E-state index is -1.25. The van der Waals surface area contributed by atoms with E-state index in [1.54, 1.807) is 0 Å². The first-order chi connectivity index (χ1) is 13.4. The van der Waals surface area contributed by atoms with Gasteiger partial charge in [0.25, 0.3) is 0 Å². The number of benzene rings is 2. The summed E-state index contributed by atoms with van der Waals surface area (Å²) in [6.07, 6.45) is 0.727. The zero-order valence-electron chi connectivity index (χ0n) is 14.3. The smallest absolute Gasteiger partial charge is 0.339 e. The first-order valence-corrected chi connectivity index (χ1v) is 9.84. The van der Waals surface area contributed by atoms with Gasteiger partial charge in [-0.1, -0.05) is 53.5 Å². The van der Waals surface area contributed by atoms with Crippen molar-refractivity contribution in [3.8, 4) is 10.4 Å². The average Bonchev–Trinajstić information content (AvgIpc) is 3.07. The number of carboxylic acid groups (broad SMARTS) is 1. The Hall–Kier alpha value is -2.41. The van der Waals surface area contributed by atoms with Crippen LogP contribution in [0.3, 0.4) is 0 Å². The van der Waals surface area contributed by atoms with Gasteiger partial charge in [0.05, 0.1) is 20.6 Å². The minimum absolute atomic E-state index is 0.123. The van der Waals surface area contributed by atoms with Crippen LogP contribution < -0.4 is 5.32 Å². The second-order valence-electron chi connectivity index (χ2n) is 5.94. The Morgan fingerprint density at radius 2 is 1.82 bits per heavy atom. The van der Waals surface area contributed by atoms with Crippen molar-refractivity contribution in [3.05, 3.63) is 74.8 Å². The highest BCUT2D eigenvalue weighted by atomic mass is 35.5. The van der Waals surface area contributed by atoms with Crippen LogP contribution in [0.4, 0.5) is 10.1 Å². The Bertz CT molecular complexity index is 1040. The van der Waals surface area contributed by atoms with Crippen molar-refractivity contribution in [2.24, 2.45) is 0 Å². The molecule has 0 fully saturated rings. The summed E-state index contributed by atoms with van der Waals surface area (Å²) >= 11 is 12.9. The predicted octanol–water partition coefficient (Wildman–Crippen LogP) is 6.13. The molecule has 1 aromatic heterocycles. The molecule has 0 atom stereocenters. The van der Waals surface area contributed by atoms with E-state index in [0.29, 0.717) is 6.42 Å². The molecule has 144 valence electrons. The molecule has 2 N–H and O–H groups in total. The van der Waals surface area contributed by atoms with Crippen LogP contribution in [0.5, 0.6) is 0 Å². The highest BCUT2D eigenvalue weighted by Gasteiger charge is 2.23. The number of anilines is 1. The fraction of sp³-hybridized carbons (Fsp3) is 0.100. The van der Waals surface area contributed by atoms with Crippen molar-refractivity contribution in [2.75, 3.05) is 5.32 Å². The molecule has 0 aliphatic rings. The van der Waals surface area contributed by atoms with E-state index in [4.69, 9.17) is 23.2 Å². The van der Waals surface area contributed by atoms with Gasteiger partial charge < -0.3 is 10.4 Å². The summed E-state index contributed by atoms with van der Waals surface area (Å²) in [6, 6.07) is 11.8. The fourth-order valence-electron chi connectivity index (χ4n) is 2.67. The fourth-order valence-corrected chi connectivity index (χ4v) is 4.23. The zero-order valence-corrected chi connectivity index (χ0v) is 16.7. The van der Waals surface area contributed by atoms with Crippen molar-refractivity contribution in [1.29, 1.82) is 0 Å². The minimum Gasteiger partial charge on any atom is -0.478 e. The van der Waals surface area contributed by atoms with Crippen LogP contribution in [0, 0.1) is 5.82 Å². The summed E-state index contributed by atoms with van der Waals surface area (Å²) in [5.41, 5.74) is 1.22. The molecule has 1 heterocycles. The van der Waals surface area contributed by atoms with E-state index in [-0.39, 0.29) is 44.1 Å². The lowest BCUT2D eigenvalue weighted by Gasteiger charge is -2.08. The van der Waals surface area contributed by atoms with Gasteiger partial charge in [-0.2, -0.15) is 0 Å². The van der Waals surface area contributed by atoms with Gasteiger partial charge in [-0.05, 0) is 24.1 Å². The number of nitrogens with one attached hydrogen (secondary N) is 1. The number of hydrogen-bond donors (Lipinski definition) is 2. The van der Waals surface area contributed by atoms with Crippen LogP contribution in [0.15, 0.2) is 47.8 Å². The van der Waals surface area contributed by atoms with Gasteiger partial charge in [0.2, 0.25) is 5.91 Å². The van der Waals surface area contributed by atoms with Gasteiger partial charge in [-0.25, -0.2) is 9.18 Å². The second-order valence-corrected chi connectivity index (χ2v) is 7.63. The van der Waals surface area contributed by atoms with Crippen molar-refractivity contribution in [1.82, 2.24) is 0 Å². The quantitative estimate of drug-likeness (QED) is 0.455. The third kappa shape index (κ3) is 4.52. The Morgan fingerprint density at radius 3 is 2.50 bits per heavy atom. The van der Waals surface area contributed by atoms with Gasteiger partial charge in [0.15, 0.2) is 0 Å². The standard InChI is InChI=1S/C20H14Cl2FNO3S/c21-13-9-14(22)15(23)8-12(13)19-18(20(26)27)16(10-28-19)24-17(25)7-6-11-4-2-1-3-5-11/h1-5,8-10H,6-7H2,(H,24,25)(H,26,27). The molecule has 0 unspecified atom stereocenters. The molecule has 0 bridgehead atoms. The van der Waals surface area contributed by atoms with Crippen molar-refractivity contribution >= 4 is 52.1 Å². The first kappa shape index (κ1) is 20.3. The van der Waals surface area contributed by atoms with Gasteiger partial charge in [-0.3, -0.25) is 4.79 Å². The van der Waals surface area contributed by atoms with Crippen LogP contribution in [-0.2, 0) is 11.2 Å². The number of halogens is 3. The number of hydrogen-bond acceptors (Lipinski definition) is 3.